The second-order valence-corrected chi connectivity index (χ2v) is 15.1. The minimum absolute atomic E-state index is 0.0962. The van der Waals surface area contributed by atoms with Crippen LogP contribution in [0.4, 0.5) is 4.39 Å². The molecule has 6 rings (SSSR count). The number of fused-ring (bicyclic) bond motifs is 1. The van der Waals surface area contributed by atoms with Crippen LogP contribution in [0.15, 0.2) is 58.4 Å². The van der Waals surface area contributed by atoms with Crippen LogP contribution in [0, 0.1) is 17.7 Å². The number of amidine groups is 1. The van der Waals surface area contributed by atoms with Gasteiger partial charge in [-0.3, -0.25) is 14.5 Å². The summed E-state index contributed by atoms with van der Waals surface area (Å²) in [5.41, 5.74) is 9.80. The predicted octanol–water partition coefficient (Wildman–Crippen LogP) is 8.63. The molecule has 8 nitrogen and oxygen atoms in total. The molecule has 268 valence electrons. The summed E-state index contributed by atoms with van der Waals surface area (Å²) in [5.74, 6) is 1.46. The lowest BCUT2D eigenvalue weighted by molar-refractivity contribution is 0.0408. The summed E-state index contributed by atoms with van der Waals surface area (Å²) < 4.78 is 22.5. The van der Waals surface area contributed by atoms with Gasteiger partial charge in [0.2, 0.25) is 0 Å². The van der Waals surface area contributed by atoms with Crippen molar-refractivity contribution in [3.05, 3.63) is 81.1 Å². The molecule has 2 aromatic heterocycles. The van der Waals surface area contributed by atoms with Crippen molar-refractivity contribution < 1.29 is 9.13 Å². The molecule has 50 heavy (non-hydrogen) atoms. The van der Waals surface area contributed by atoms with Gasteiger partial charge in [0, 0.05) is 49.0 Å². The van der Waals surface area contributed by atoms with E-state index in [1.165, 1.54) is 24.8 Å². The van der Waals surface area contributed by atoms with Gasteiger partial charge in [-0.25, -0.2) is 9.18 Å². The second-order valence-electron chi connectivity index (χ2n) is 14.7. The highest BCUT2D eigenvalue weighted by molar-refractivity contribution is 6.31. The van der Waals surface area contributed by atoms with Crippen LogP contribution in [0.1, 0.15) is 95.7 Å². The third-order valence-electron chi connectivity index (χ3n) is 10.5. The van der Waals surface area contributed by atoms with E-state index in [0.717, 1.165) is 82.5 Å². The van der Waals surface area contributed by atoms with Gasteiger partial charge < -0.3 is 15.5 Å². The van der Waals surface area contributed by atoms with Crippen molar-refractivity contribution >= 4 is 28.5 Å². The number of benzene rings is 2. The molecule has 0 saturated carbocycles. The van der Waals surface area contributed by atoms with Gasteiger partial charge in [-0.2, -0.15) is 4.98 Å². The summed E-state index contributed by atoms with van der Waals surface area (Å²) in [6, 6.07) is 14.5. The van der Waals surface area contributed by atoms with E-state index in [2.05, 4.69) is 45.8 Å². The molecular formula is C40H52ClFN6O2. The van der Waals surface area contributed by atoms with Crippen LogP contribution in [0.3, 0.4) is 0 Å². The van der Waals surface area contributed by atoms with Crippen molar-refractivity contribution in [2.24, 2.45) is 22.6 Å². The zero-order chi connectivity index (χ0) is 35.2. The van der Waals surface area contributed by atoms with Gasteiger partial charge in [0.25, 0.3) is 0 Å². The van der Waals surface area contributed by atoms with E-state index in [4.69, 9.17) is 22.1 Å². The topological polar surface area (TPSA) is 102 Å². The molecular weight excluding hydrogens is 651 g/mol. The number of nitrogens with zero attached hydrogens (tertiary/aromatic N) is 4. The second kappa shape index (κ2) is 16.7. The van der Waals surface area contributed by atoms with E-state index in [1.807, 2.05) is 31.2 Å². The Kier molecular flexibility index (Phi) is 12.1. The van der Waals surface area contributed by atoms with Crippen LogP contribution in [-0.4, -0.2) is 57.6 Å². The standard InChI is InChI=1S/C40H52ClFN6O2/c1-26(2)6-4-7-29-22-34(38(42)35(41)23-29)36-24-31-25-48(40(49)46-39(31)45-36)33-12-10-30(11-13-33)37-9-5-8-32(14-18-44-27(3)43)47(37)19-15-28-16-20-50-21-17-28/h10-13,22-26,28,32,37H,4-9,14-21H2,1-3H3,(H2,43,44)(H,45,46,49)/t32-,37-/m0/s1. The van der Waals surface area contributed by atoms with Gasteiger partial charge in [0.05, 0.1) is 22.2 Å². The molecule has 2 fully saturated rings. The zero-order valence-electron chi connectivity index (χ0n) is 29.8. The summed E-state index contributed by atoms with van der Waals surface area (Å²) in [7, 11) is 0. The molecule has 0 bridgehead atoms. The Bertz CT molecular complexity index is 1820. The van der Waals surface area contributed by atoms with E-state index < -0.39 is 11.5 Å². The molecule has 2 aliphatic heterocycles. The lowest BCUT2D eigenvalue weighted by Crippen LogP contribution is -2.43. The number of hydrogen-bond donors (Lipinski definition) is 2. The number of likely N-dealkylation sites (tertiary alicyclic amines) is 1. The van der Waals surface area contributed by atoms with Gasteiger partial charge in [-0.15, -0.1) is 0 Å². The number of hydrogen-bond acceptors (Lipinski definition) is 5. The maximum atomic E-state index is 15.3. The van der Waals surface area contributed by atoms with E-state index in [1.54, 1.807) is 16.8 Å². The number of aromatic nitrogens is 3. The Morgan fingerprint density at radius 2 is 1.90 bits per heavy atom. The van der Waals surface area contributed by atoms with Crippen molar-refractivity contribution in [2.45, 2.75) is 97.1 Å². The van der Waals surface area contributed by atoms with Crippen LogP contribution in [0.25, 0.3) is 28.0 Å². The number of nitrogens with two attached hydrogens (primary N) is 1. The summed E-state index contributed by atoms with van der Waals surface area (Å²) >= 11 is 6.34. The number of aryl methyl sites for hydroxylation is 1. The number of nitrogens with one attached hydrogen (secondary N) is 1. The third kappa shape index (κ3) is 8.85. The molecule has 4 heterocycles. The Morgan fingerprint density at radius 3 is 2.64 bits per heavy atom. The first-order valence-corrected chi connectivity index (χ1v) is 18.8. The maximum Gasteiger partial charge on any atom is 0.354 e. The Hall–Kier alpha value is -3.53. The number of aliphatic imine (C=N–C) groups is 1. The van der Waals surface area contributed by atoms with E-state index >= 15 is 4.39 Å². The molecule has 2 saturated heterocycles. The minimum atomic E-state index is -0.481. The number of ether oxygens (including phenoxy) is 1. The van der Waals surface area contributed by atoms with Crippen LogP contribution in [0.5, 0.6) is 0 Å². The molecule has 2 aliphatic rings. The van der Waals surface area contributed by atoms with Crippen molar-refractivity contribution in [3.63, 3.8) is 0 Å². The number of H-pyrrole nitrogens is 1. The normalized spacial score (nSPS) is 19.5. The van der Waals surface area contributed by atoms with Gasteiger partial charge in [0.15, 0.2) is 5.82 Å². The van der Waals surface area contributed by atoms with Gasteiger partial charge >= 0.3 is 5.69 Å². The Balaban J connectivity index is 1.23. The lowest BCUT2D eigenvalue weighted by Gasteiger charge is -2.43. The fourth-order valence-electron chi connectivity index (χ4n) is 7.78. The summed E-state index contributed by atoms with van der Waals surface area (Å²) in [4.78, 5) is 28.0. The van der Waals surface area contributed by atoms with Gasteiger partial charge in [0.1, 0.15) is 5.65 Å². The number of aromatic amines is 1. The zero-order valence-corrected chi connectivity index (χ0v) is 30.5. The third-order valence-corrected chi connectivity index (χ3v) is 10.8. The van der Waals surface area contributed by atoms with Gasteiger partial charge in [-0.1, -0.05) is 44.0 Å². The molecule has 0 unspecified atom stereocenters. The van der Waals surface area contributed by atoms with E-state index in [0.29, 0.717) is 52.0 Å². The summed E-state index contributed by atoms with van der Waals surface area (Å²) in [5, 5.41) is 0.813. The average molecular weight is 703 g/mol. The smallest absolute Gasteiger partial charge is 0.354 e. The number of rotatable bonds is 13. The fourth-order valence-corrected chi connectivity index (χ4v) is 8.02. The molecule has 2 atom stereocenters. The van der Waals surface area contributed by atoms with Crippen molar-refractivity contribution in [2.75, 3.05) is 26.3 Å². The fraction of sp³-hybridized carbons (Fsp3) is 0.525. The van der Waals surface area contributed by atoms with Crippen molar-refractivity contribution in [3.8, 4) is 16.9 Å². The minimum Gasteiger partial charge on any atom is -0.388 e. The quantitative estimate of drug-likeness (QED) is 0.107. The lowest BCUT2D eigenvalue weighted by atomic mass is 9.87. The summed E-state index contributed by atoms with van der Waals surface area (Å²) in [6.07, 6.45) is 12.6. The van der Waals surface area contributed by atoms with Crippen LogP contribution < -0.4 is 11.4 Å². The summed E-state index contributed by atoms with van der Waals surface area (Å²) in [6.45, 7) is 9.78. The molecule has 0 spiro atoms. The van der Waals surface area contributed by atoms with Crippen molar-refractivity contribution in [1.29, 1.82) is 0 Å². The molecule has 4 aromatic rings. The van der Waals surface area contributed by atoms with Crippen molar-refractivity contribution in [1.82, 2.24) is 19.4 Å². The predicted molar refractivity (Wildman–Crippen MR) is 202 cm³/mol. The molecule has 2 aromatic carbocycles. The van der Waals surface area contributed by atoms with Crippen LogP contribution in [0.2, 0.25) is 5.02 Å². The average Bonchev–Trinajstić information content (AvgIpc) is 3.51. The highest BCUT2D eigenvalue weighted by Crippen LogP contribution is 2.37. The first-order valence-electron chi connectivity index (χ1n) is 18.5. The van der Waals surface area contributed by atoms with E-state index in [9.17, 15) is 4.79 Å². The first-order chi connectivity index (χ1) is 24.2. The highest BCUT2D eigenvalue weighted by atomic mass is 35.5. The molecule has 0 amide bonds. The molecule has 0 radical (unpaired) electrons. The van der Waals surface area contributed by atoms with Crippen LogP contribution in [-0.2, 0) is 11.2 Å². The number of halogens is 2. The molecule has 3 N–H and O–H groups in total. The van der Waals surface area contributed by atoms with Gasteiger partial charge in [-0.05, 0) is 125 Å². The SMILES string of the molecule is CC(N)=NCC[C@@H]1CCC[C@@H](c2ccc(-n3cc4cc(-c5cc(CCCC(C)C)cc(Cl)c5F)[nH]c4nc3=O)cc2)N1CCC1CCOCC1. The molecule has 10 heteroatoms. The molecule has 0 aliphatic carbocycles. The highest BCUT2D eigenvalue weighted by Gasteiger charge is 2.32. The largest absolute Gasteiger partial charge is 0.388 e. The Labute approximate surface area is 300 Å². The monoisotopic (exact) mass is 702 g/mol. The van der Waals surface area contributed by atoms with E-state index in [-0.39, 0.29) is 5.02 Å². The Morgan fingerprint density at radius 1 is 1.12 bits per heavy atom. The first kappa shape index (κ1) is 36.3. The van der Waals surface area contributed by atoms with Crippen LogP contribution >= 0.6 is 11.6 Å². The maximum absolute atomic E-state index is 15.3. The number of piperidine rings is 1.